The number of aliphatic hydroxyl groups is 4. The van der Waals surface area contributed by atoms with Gasteiger partial charge in [0.2, 0.25) is 18.2 Å². The lowest BCUT2D eigenvalue weighted by Gasteiger charge is -2.23. The van der Waals surface area contributed by atoms with Gasteiger partial charge >= 0.3 is 12.2 Å². The molecule has 12 heterocycles. The summed E-state index contributed by atoms with van der Waals surface area (Å²) in [6, 6.07) is 46.1. The molecule has 4 amide bonds. The number of β-amino-alcohol motifs (C(OH)–C–C–N with tert-alkyl or cyclic N) is 3. The Morgan fingerprint density at radius 3 is 1.57 bits per heavy atom. The van der Waals surface area contributed by atoms with Crippen molar-refractivity contribution in [1.29, 1.82) is 10.5 Å². The average Bonchev–Trinajstić information content (AvgIpc) is 1.59. The number of nitrogens with two attached hydrogens (primary N) is 2. The smallest absolute Gasteiger partial charge is 0.417 e. The molecule has 0 saturated carbocycles. The van der Waals surface area contributed by atoms with Gasteiger partial charge in [-0.25, -0.2) is 60.4 Å². The molecule has 0 aliphatic carbocycles. The Morgan fingerprint density at radius 1 is 0.615 bits per heavy atom. The maximum atomic E-state index is 15.0. The molecule has 9 N–H and O–H groups in total. The van der Waals surface area contributed by atoms with Crippen LogP contribution in [0.25, 0.3) is 28.2 Å². The molecule has 17 rings (SSSR count). The Morgan fingerprint density at radius 2 is 1.12 bits per heavy atom. The lowest BCUT2D eigenvalue weighted by molar-refractivity contribution is -0.543. The van der Waals surface area contributed by atoms with Crippen LogP contribution in [0.2, 0.25) is 5.02 Å². The zero-order valence-corrected chi connectivity index (χ0v) is 75.4. The number of alkyl halides is 3. The second-order valence-corrected chi connectivity index (χ2v) is 34.1. The first kappa shape index (κ1) is 97.7. The van der Waals surface area contributed by atoms with Crippen LogP contribution < -0.4 is 21.3 Å². The van der Waals surface area contributed by atoms with E-state index in [0.29, 0.717) is 87.9 Å². The molecule has 682 valence electrons. The van der Waals surface area contributed by atoms with Crippen molar-refractivity contribution in [2.75, 3.05) is 71.2 Å². The number of aromatic amines is 1. The minimum Gasteiger partial charge on any atom is -0.443 e. The number of carbonyl (C=O) groups excluding carboxylic acids is 4. The van der Waals surface area contributed by atoms with Gasteiger partial charge in [-0.2, -0.15) is 25.8 Å². The number of amidine groups is 1. The molecule has 3 fully saturated rings. The molecule has 6 aromatic heterocycles. The molecule has 5 unspecified atom stereocenters. The number of anilines is 4. The third-order valence-corrected chi connectivity index (χ3v) is 21.4. The number of nitrogens with one attached hydrogen (secondary N) is 1. The number of hydrazone groups is 1. The summed E-state index contributed by atoms with van der Waals surface area (Å²) in [4.78, 5) is 66.7. The van der Waals surface area contributed by atoms with E-state index in [-0.39, 0.29) is 122 Å². The molecular formula is C90H95Br2ClF6N21O10+. The number of aromatic nitrogens is 10. The predicted molar refractivity (Wildman–Crippen MR) is 481 cm³/mol. The average molecular weight is 1940 g/mol. The van der Waals surface area contributed by atoms with E-state index in [1.807, 2.05) is 107 Å². The van der Waals surface area contributed by atoms with Gasteiger partial charge in [-0.3, -0.25) is 24.1 Å². The highest BCUT2D eigenvalue weighted by atomic mass is 79.9. The van der Waals surface area contributed by atoms with Gasteiger partial charge in [-0.15, -0.1) is 5.10 Å². The fourth-order valence-corrected chi connectivity index (χ4v) is 15.0. The van der Waals surface area contributed by atoms with Crippen molar-refractivity contribution >= 4 is 103 Å². The summed E-state index contributed by atoms with van der Waals surface area (Å²) in [6.45, 7) is 14.4. The highest BCUT2D eigenvalue weighted by Gasteiger charge is 2.42. The minimum absolute atomic E-state index is 0.00660. The van der Waals surface area contributed by atoms with Gasteiger partial charge in [0.25, 0.3) is 11.8 Å². The van der Waals surface area contributed by atoms with Crippen LogP contribution in [0.5, 0.6) is 0 Å². The van der Waals surface area contributed by atoms with E-state index >= 15 is 4.39 Å². The number of pyridine rings is 2. The fourth-order valence-electron chi connectivity index (χ4n) is 13.9. The Hall–Kier alpha value is -12.9. The number of carbonyl (C=O) groups is 4. The number of nitriles is 2. The molecule has 0 bridgehead atoms. The number of benzene rings is 5. The Kier molecular flexibility index (Phi) is 33.4. The monoisotopic (exact) mass is 1940 g/mol. The van der Waals surface area contributed by atoms with E-state index < -0.39 is 70.7 Å². The standard InChI is InChI=1S/C26H24F2N6O4.C19H15ClFN3O3.C14H17FN3O.C10H10FN3.C10H11N3.C7H10FN3O.C4H8Br2O/c1-26(2,3)38-25(37)33-13-19-22(24(33)36)20(9-18(30-19)21-14(10-29)5-4-6-16(21)27)34-12-17(28)23(31-34)32-8-7-15(35)11-32;1-19(2,3)27-18(26)24-9-14-16(17(24)25)11(20)7-13(23-14)15-10(8-22)5-4-6-12(15)21;15-13-10-18(8-11-4-2-1-3-5-11)16-14(13)17-7-6-12(19)9-17;11-9-7-14(13-10(9)12)6-8-4-2-1-3-5-8;11-10-6-7-13(12-10)8-9-4-2-1-3-5-9;8-6-3-9-10-7(6)11-2-1-5(12)4-11;5-2-1-4(7)3-6/h4-6,9,12,15,35H,7-8,11,13H2,1-3H3;4-7H,9H2,1-3H3;1-5,10,12-13,19H,6-9H2;1-5,7H,6H2,(H2,12,13);1-7H,8H2,(H2,11,12);3,5,12H,1-2,4H2,(H,9,10);4,7H,1-3H2/q;;+1;;;;. The number of H-pyrrole nitrogens is 1. The molecule has 5 aromatic carbocycles. The molecular weight excluding hydrogens is 1840 g/mol. The lowest BCUT2D eigenvalue weighted by Crippen LogP contribution is -2.37. The lowest BCUT2D eigenvalue weighted by atomic mass is 10.0. The largest absolute Gasteiger partial charge is 0.443 e. The van der Waals surface area contributed by atoms with Crippen molar-refractivity contribution in [2.24, 2.45) is 5.10 Å². The quantitative estimate of drug-likeness (QED) is 0.0302. The molecule has 31 nitrogen and oxygen atoms in total. The minimum atomic E-state index is -1.17. The number of ether oxygens (including phenoxy) is 2. The molecule has 40 heteroatoms. The van der Waals surface area contributed by atoms with Crippen LogP contribution >= 0.6 is 43.5 Å². The van der Waals surface area contributed by atoms with Gasteiger partial charge in [-0.05, 0) is 121 Å². The highest BCUT2D eigenvalue weighted by molar-refractivity contribution is 9.09. The summed E-state index contributed by atoms with van der Waals surface area (Å²) in [5, 5.41) is 80.4. The first-order chi connectivity index (χ1) is 62.0. The van der Waals surface area contributed by atoms with Gasteiger partial charge in [0.05, 0.1) is 148 Å². The fraction of sp³-hybridized carbons (Fsp3) is 0.333. The molecule has 11 aromatic rings. The van der Waals surface area contributed by atoms with Crippen LogP contribution in [0.1, 0.15) is 127 Å². The van der Waals surface area contributed by atoms with Gasteiger partial charge in [0, 0.05) is 66.8 Å². The Labute approximate surface area is 766 Å². The zero-order valence-electron chi connectivity index (χ0n) is 71.5. The number of rotatable bonds is 14. The third kappa shape index (κ3) is 26.0. The van der Waals surface area contributed by atoms with Crippen LogP contribution in [-0.2, 0) is 42.2 Å². The molecule has 130 heavy (non-hydrogen) atoms. The van der Waals surface area contributed by atoms with E-state index in [9.17, 15) is 67.0 Å². The summed E-state index contributed by atoms with van der Waals surface area (Å²) < 4.78 is 101. The maximum Gasteiger partial charge on any atom is 0.417 e. The van der Waals surface area contributed by atoms with Gasteiger partial charge < -0.3 is 56.1 Å². The summed E-state index contributed by atoms with van der Waals surface area (Å²) in [5.74, 6) is -2.93. The van der Waals surface area contributed by atoms with Gasteiger partial charge in [0.1, 0.15) is 28.7 Å². The van der Waals surface area contributed by atoms with E-state index in [2.05, 4.69) is 84.6 Å². The van der Waals surface area contributed by atoms with Gasteiger partial charge in [-0.1, -0.05) is 151 Å². The van der Waals surface area contributed by atoms with Crippen molar-refractivity contribution < 1.29 is 80.1 Å². The van der Waals surface area contributed by atoms with E-state index in [1.165, 1.54) is 71.2 Å². The number of hydrogen-bond donors (Lipinski definition) is 7. The molecule has 0 radical (unpaired) electrons. The first-order valence-electron chi connectivity index (χ1n) is 41.0. The van der Waals surface area contributed by atoms with Crippen molar-refractivity contribution in [2.45, 2.75) is 142 Å². The van der Waals surface area contributed by atoms with Crippen LogP contribution in [0.4, 0.5) is 59.2 Å². The second-order valence-electron chi connectivity index (χ2n) is 32.3. The van der Waals surface area contributed by atoms with Crippen LogP contribution in [0, 0.1) is 51.7 Å². The SMILES string of the molecule is CC(C)(C)OC(=O)N1Cc2nc(-c3c(F)cccc3C#N)cc(-n3cc(F)c(N4CCC(O)C4)n3)c2C1=O.CC(C)(C)OC(=O)N1Cc2nc(-c3c(F)cccc3C#N)cc(Cl)c2C1=O.Nc1ccn(Cc2ccccc2)n1.Nc1nn(Cc2ccccc2)cc1F.OC(CBr)CCBr.OC1CCN(C2=N[N+](Cc3ccccc3)=CC2F)C1.OC1CCN(c2[nH]ncc2F)C1. The molecule has 3 saturated heterocycles. The summed E-state index contributed by atoms with van der Waals surface area (Å²) in [7, 11) is 0. The number of halogens is 9. The van der Waals surface area contributed by atoms with Crippen molar-refractivity contribution in [1.82, 2.24) is 64.2 Å². The van der Waals surface area contributed by atoms with Crippen LogP contribution in [0.3, 0.4) is 0 Å². The molecule has 6 aliphatic rings. The van der Waals surface area contributed by atoms with Crippen LogP contribution in [0.15, 0.2) is 175 Å². The molecule has 5 atom stereocenters. The van der Waals surface area contributed by atoms with Gasteiger partial charge in [0.15, 0.2) is 41.5 Å². The van der Waals surface area contributed by atoms with E-state index in [1.54, 1.807) is 62.1 Å². The first-order valence-corrected chi connectivity index (χ1v) is 43.6. The maximum absolute atomic E-state index is 15.0. The number of nitrogens with zero attached hydrogens (tertiary/aromatic N) is 18. The van der Waals surface area contributed by atoms with Crippen LogP contribution in [-0.4, -0.2) is 217 Å². The number of likely N-dealkylation sites (tertiary alicyclic amines) is 1. The Balaban J connectivity index is 0.000000156. The topological polar surface area (TPSA) is 407 Å². The summed E-state index contributed by atoms with van der Waals surface area (Å²) >= 11 is 12.6. The van der Waals surface area contributed by atoms with Crippen molar-refractivity contribution in [3.63, 3.8) is 0 Å². The molecule has 6 aliphatic heterocycles. The number of nitrogen functional groups attached to an aromatic ring is 2. The summed E-state index contributed by atoms with van der Waals surface area (Å²) in [6.07, 6.45) is 5.14. The van der Waals surface area contributed by atoms with Crippen molar-refractivity contribution in [3.05, 3.63) is 255 Å². The third-order valence-electron chi connectivity index (χ3n) is 19.9. The normalized spacial score (nSPS) is 16.7. The predicted octanol–water partition coefficient (Wildman–Crippen LogP) is 13.7. The summed E-state index contributed by atoms with van der Waals surface area (Å²) in [5.41, 5.74) is 13.1. The second kappa shape index (κ2) is 44.4. The number of aliphatic hydroxyl groups excluding tert-OH is 4. The van der Waals surface area contributed by atoms with E-state index in [0.717, 1.165) is 56.3 Å². The zero-order chi connectivity index (χ0) is 93.8. The number of fused-ring (bicyclic) bond motifs is 2. The van der Waals surface area contributed by atoms with Crippen molar-refractivity contribution in [3.8, 4) is 40.3 Å². The number of imide groups is 2. The number of hydrogen-bond acceptors (Lipinski definition) is 24. The Bertz CT molecular complexity index is 5930. The number of amides is 4. The van der Waals surface area contributed by atoms with E-state index in [4.69, 9.17) is 37.6 Å². The molecule has 0 spiro atoms. The highest BCUT2D eigenvalue weighted by Crippen LogP contribution is 2.38.